The Bertz CT molecular complexity index is 793. The van der Waals surface area contributed by atoms with E-state index in [1.54, 1.807) is 36.7 Å². The standard InChI is InChI=1S/C18H21ClN2O3S/c19-17-5-1-3-14(11-17)13-25(22,23)21-18(15-6-9-24-10-7-15)16-4-2-8-20-12-16/h1-5,8,11-12,15,18,21H,6-7,9-10,13H2. The van der Waals surface area contributed by atoms with Crippen LogP contribution < -0.4 is 4.72 Å². The SMILES string of the molecule is O=S(=O)(Cc1cccc(Cl)c1)NC(c1cccnc1)C1CCOCC1. The van der Waals surface area contributed by atoms with Gasteiger partial charge < -0.3 is 4.74 Å². The number of rotatable bonds is 6. The van der Waals surface area contributed by atoms with E-state index in [1.165, 1.54) is 0 Å². The molecule has 1 aliphatic rings. The third-order valence-corrected chi connectivity index (χ3v) is 5.89. The highest BCUT2D eigenvalue weighted by Crippen LogP contribution is 2.30. The summed E-state index contributed by atoms with van der Waals surface area (Å²) in [7, 11) is -3.53. The van der Waals surface area contributed by atoms with Crippen LogP contribution >= 0.6 is 11.6 Å². The van der Waals surface area contributed by atoms with Gasteiger partial charge >= 0.3 is 0 Å². The van der Waals surface area contributed by atoms with E-state index in [4.69, 9.17) is 16.3 Å². The third-order valence-electron chi connectivity index (χ3n) is 4.33. The topological polar surface area (TPSA) is 68.3 Å². The number of sulfonamides is 1. The Kier molecular flexibility index (Phi) is 6.06. The van der Waals surface area contributed by atoms with Crippen LogP contribution in [-0.4, -0.2) is 26.6 Å². The van der Waals surface area contributed by atoms with E-state index in [0.29, 0.717) is 23.8 Å². The van der Waals surface area contributed by atoms with Crippen molar-refractivity contribution in [3.05, 3.63) is 64.9 Å². The number of hydrogen-bond donors (Lipinski definition) is 1. The molecule has 2 aromatic rings. The van der Waals surface area contributed by atoms with Gasteiger partial charge in [-0.3, -0.25) is 4.98 Å². The molecule has 0 amide bonds. The van der Waals surface area contributed by atoms with Crippen LogP contribution in [-0.2, 0) is 20.5 Å². The number of ether oxygens (including phenoxy) is 1. The average molecular weight is 381 g/mol. The minimum absolute atomic E-state index is 0.104. The van der Waals surface area contributed by atoms with Crippen molar-refractivity contribution in [1.29, 1.82) is 0 Å². The van der Waals surface area contributed by atoms with Crippen molar-refractivity contribution in [1.82, 2.24) is 9.71 Å². The van der Waals surface area contributed by atoms with Crippen LogP contribution in [0.15, 0.2) is 48.8 Å². The lowest BCUT2D eigenvalue weighted by atomic mass is 9.88. The smallest absolute Gasteiger partial charge is 0.216 e. The molecule has 2 heterocycles. The molecule has 1 atom stereocenters. The first kappa shape index (κ1) is 18.3. The van der Waals surface area contributed by atoms with Gasteiger partial charge in [0.25, 0.3) is 0 Å². The molecule has 1 aromatic heterocycles. The highest BCUT2D eigenvalue weighted by Gasteiger charge is 2.29. The van der Waals surface area contributed by atoms with Crippen LogP contribution in [0.3, 0.4) is 0 Å². The van der Waals surface area contributed by atoms with Gasteiger partial charge in [0, 0.05) is 30.6 Å². The molecule has 1 aromatic carbocycles. The van der Waals surface area contributed by atoms with Gasteiger partial charge in [0.2, 0.25) is 10.0 Å². The molecule has 0 saturated carbocycles. The molecule has 0 radical (unpaired) electrons. The lowest BCUT2D eigenvalue weighted by molar-refractivity contribution is 0.0564. The Labute approximate surface area is 153 Å². The summed E-state index contributed by atoms with van der Waals surface area (Å²) in [5, 5.41) is 0.529. The first-order chi connectivity index (χ1) is 12.0. The van der Waals surface area contributed by atoms with Crippen LogP contribution in [0.2, 0.25) is 5.02 Å². The number of nitrogens with one attached hydrogen (secondary N) is 1. The second-order valence-electron chi connectivity index (χ2n) is 6.22. The van der Waals surface area contributed by atoms with Gasteiger partial charge in [-0.2, -0.15) is 0 Å². The summed E-state index contributed by atoms with van der Waals surface area (Å²) in [4.78, 5) is 4.14. The molecule has 1 N–H and O–H groups in total. The maximum atomic E-state index is 12.7. The normalized spacial score (nSPS) is 17.3. The minimum Gasteiger partial charge on any atom is -0.381 e. The van der Waals surface area contributed by atoms with Crippen molar-refractivity contribution >= 4 is 21.6 Å². The van der Waals surface area contributed by atoms with Crippen LogP contribution in [0.5, 0.6) is 0 Å². The van der Waals surface area contributed by atoms with Gasteiger partial charge in [-0.05, 0) is 48.1 Å². The maximum absolute atomic E-state index is 12.7. The summed E-state index contributed by atoms with van der Waals surface area (Å²) in [6.07, 6.45) is 5.05. The van der Waals surface area contributed by atoms with Crippen molar-refractivity contribution < 1.29 is 13.2 Å². The predicted octanol–water partition coefficient (Wildman–Crippen LogP) is 3.32. The van der Waals surface area contributed by atoms with E-state index in [-0.39, 0.29) is 17.7 Å². The van der Waals surface area contributed by atoms with Crippen molar-refractivity contribution in [2.75, 3.05) is 13.2 Å². The molecule has 7 heteroatoms. The molecule has 25 heavy (non-hydrogen) atoms. The van der Waals surface area contributed by atoms with Crippen molar-refractivity contribution in [3.63, 3.8) is 0 Å². The maximum Gasteiger partial charge on any atom is 0.216 e. The van der Waals surface area contributed by atoms with Crippen LogP contribution in [0.4, 0.5) is 0 Å². The lowest BCUT2D eigenvalue weighted by Gasteiger charge is -2.31. The summed E-state index contributed by atoms with van der Waals surface area (Å²) in [6, 6.07) is 10.4. The molecule has 5 nitrogen and oxygen atoms in total. The van der Waals surface area contributed by atoms with E-state index >= 15 is 0 Å². The molecular formula is C18H21ClN2O3S. The highest BCUT2D eigenvalue weighted by atomic mass is 35.5. The Morgan fingerprint density at radius 1 is 1.24 bits per heavy atom. The molecule has 0 bridgehead atoms. The van der Waals surface area contributed by atoms with E-state index in [0.717, 1.165) is 18.4 Å². The van der Waals surface area contributed by atoms with E-state index < -0.39 is 10.0 Å². The predicted molar refractivity (Wildman–Crippen MR) is 97.7 cm³/mol. The van der Waals surface area contributed by atoms with Gasteiger partial charge in [-0.25, -0.2) is 13.1 Å². The summed E-state index contributed by atoms with van der Waals surface area (Å²) < 4.78 is 33.8. The summed E-state index contributed by atoms with van der Waals surface area (Å²) >= 11 is 5.96. The minimum atomic E-state index is -3.53. The highest BCUT2D eigenvalue weighted by molar-refractivity contribution is 7.88. The Morgan fingerprint density at radius 2 is 2.04 bits per heavy atom. The second kappa shape index (κ2) is 8.27. The number of halogens is 1. The fourth-order valence-corrected chi connectivity index (χ4v) is 4.76. The van der Waals surface area contributed by atoms with E-state index in [2.05, 4.69) is 9.71 Å². The number of pyridine rings is 1. The molecule has 134 valence electrons. The Balaban J connectivity index is 1.81. The van der Waals surface area contributed by atoms with Crippen LogP contribution in [0.1, 0.15) is 30.0 Å². The largest absolute Gasteiger partial charge is 0.381 e. The zero-order valence-electron chi connectivity index (χ0n) is 13.8. The first-order valence-corrected chi connectivity index (χ1v) is 10.3. The van der Waals surface area contributed by atoms with Crippen LogP contribution in [0.25, 0.3) is 0 Å². The fraction of sp³-hybridized carbons (Fsp3) is 0.389. The molecule has 3 rings (SSSR count). The summed E-state index contributed by atoms with van der Waals surface area (Å²) in [6.45, 7) is 1.30. The van der Waals surface area contributed by atoms with Gasteiger partial charge in [0.05, 0.1) is 11.8 Å². The molecule has 1 saturated heterocycles. The molecule has 1 aliphatic heterocycles. The number of benzene rings is 1. The molecule has 0 spiro atoms. The van der Waals surface area contributed by atoms with Gasteiger partial charge in [-0.15, -0.1) is 0 Å². The number of aromatic nitrogens is 1. The average Bonchev–Trinajstić information content (AvgIpc) is 2.61. The fourth-order valence-electron chi connectivity index (χ4n) is 3.13. The lowest BCUT2D eigenvalue weighted by Crippen LogP contribution is -2.36. The van der Waals surface area contributed by atoms with Crippen molar-refractivity contribution in [2.45, 2.75) is 24.6 Å². The van der Waals surface area contributed by atoms with Gasteiger partial charge in [0.1, 0.15) is 0 Å². The Hall–Kier alpha value is -1.47. The van der Waals surface area contributed by atoms with E-state index in [9.17, 15) is 8.42 Å². The van der Waals surface area contributed by atoms with E-state index in [1.807, 2.05) is 12.1 Å². The molecule has 1 unspecified atom stereocenters. The van der Waals surface area contributed by atoms with Gasteiger partial charge in [-0.1, -0.05) is 29.8 Å². The monoisotopic (exact) mass is 380 g/mol. The number of nitrogens with zero attached hydrogens (tertiary/aromatic N) is 1. The van der Waals surface area contributed by atoms with Gasteiger partial charge in [0.15, 0.2) is 0 Å². The van der Waals surface area contributed by atoms with Crippen molar-refractivity contribution in [3.8, 4) is 0 Å². The zero-order valence-corrected chi connectivity index (χ0v) is 15.3. The third kappa shape index (κ3) is 5.25. The Morgan fingerprint density at radius 3 is 2.72 bits per heavy atom. The number of hydrogen-bond acceptors (Lipinski definition) is 4. The summed E-state index contributed by atoms with van der Waals surface area (Å²) in [5.74, 6) is 0.0835. The van der Waals surface area contributed by atoms with Crippen molar-refractivity contribution in [2.24, 2.45) is 5.92 Å². The molecule has 1 fully saturated rings. The zero-order chi connectivity index (χ0) is 17.7. The first-order valence-electron chi connectivity index (χ1n) is 8.25. The molecule has 0 aliphatic carbocycles. The second-order valence-corrected chi connectivity index (χ2v) is 8.41. The van der Waals surface area contributed by atoms with Crippen LogP contribution in [0, 0.1) is 5.92 Å². The quantitative estimate of drug-likeness (QED) is 0.834. The summed E-state index contributed by atoms with van der Waals surface area (Å²) in [5.41, 5.74) is 1.54. The molecular weight excluding hydrogens is 360 g/mol.